The number of thiophene rings is 1. The Bertz CT molecular complexity index is 1330. The second-order valence-electron chi connectivity index (χ2n) is 8.23. The number of unbranched alkanes of at least 4 members (excludes halogenated alkanes) is 1. The van der Waals surface area contributed by atoms with Crippen molar-refractivity contribution in [1.82, 2.24) is 14.5 Å². The van der Waals surface area contributed by atoms with Crippen LogP contribution in [0, 0.1) is 5.82 Å². The van der Waals surface area contributed by atoms with E-state index in [0.717, 1.165) is 41.2 Å². The Balaban J connectivity index is 1.21. The Morgan fingerprint density at radius 1 is 1.03 bits per heavy atom. The molecule has 0 N–H and O–H groups in total. The zero-order valence-corrected chi connectivity index (χ0v) is 19.5. The Labute approximate surface area is 198 Å². The third-order valence-corrected chi connectivity index (χ3v) is 8.12. The molecule has 1 fully saturated rings. The predicted molar refractivity (Wildman–Crippen MR) is 129 cm³/mol. The number of rotatable bonds is 6. The van der Waals surface area contributed by atoms with E-state index in [1.165, 1.54) is 33.9 Å². The average Bonchev–Trinajstić information content (AvgIpc) is 3.32. The molecule has 9 heteroatoms. The molecule has 0 bridgehead atoms. The van der Waals surface area contributed by atoms with Gasteiger partial charge in [0.15, 0.2) is 0 Å². The van der Waals surface area contributed by atoms with Crippen LogP contribution in [0.3, 0.4) is 0 Å². The number of carbonyl (C=O) groups is 2. The van der Waals surface area contributed by atoms with Crippen LogP contribution >= 0.6 is 23.1 Å². The predicted octanol–water partition coefficient (Wildman–Crippen LogP) is 4.99. The van der Waals surface area contributed by atoms with Gasteiger partial charge in [0.25, 0.3) is 16.7 Å². The zero-order valence-electron chi connectivity index (χ0n) is 17.9. The summed E-state index contributed by atoms with van der Waals surface area (Å²) in [7, 11) is 0. The first-order valence-electron chi connectivity index (χ1n) is 11.0. The molecule has 0 unspecified atom stereocenters. The van der Waals surface area contributed by atoms with Crippen molar-refractivity contribution in [2.24, 2.45) is 0 Å². The summed E-state index contributed by atoms with van der Waals surface area (Å²) in [5, 5.41) is 0.465. The fourth-order valence-corrected chi connectivity index (χ4v) is 6.38. The highest BCUT2D eigenvalue weighted by atomic mass is 32.2. The highest BCUT2D eigenvalue weighted by Gasteiger charge is 2.34. The maximum atomic E-state index is 13.1. The summed E-state index contributed by atoms with van der Waals surface area (Å²) in [6, 6.07) is 5.76. The summed E-state index contributed by atoms with van der Waals surface area (Å²) in [5.74, 6) is -0.688. The average molecular weight is 484 g/mol. The monoisotopic (exact) mass is 483 g/mol. The fourth-order valence-electron chi connectivity index (χ4n) is 4.30. The van der Waals surface area contributed by atoms with Gasteiger partial charge in [-0.15, -0.1) is 11.3 Å². The van der Waals surface area contributed by atoms with Gasteiger partial charge < -0.3 is 0 Å². The lowest BCUT2D eigenvalue weighted by Crippen LogP contribution is -2.29. The Hall–Kier alpha value is -2.78. The van der Waals surface area contributed by atoms with Crippen molar-refractivity contribution < 1.29 is 14.0 Å². The molecule has 0 radical (unpaired) electrons. The SMILES string of the molecule is O=C1S/C(=C/c2ccc(F)cc2)C(=O)N1CCCCn1cnc2sc3c(c2c1=O)CCCC3. The van der Waals surface area contributed by atoms with Crippen molar-refractivity contribution in [3.8, 4) is 0 Å². The van der Waals surface area contributed by atoms with Crippen LogP contribution in [0.15, 0.2) is 40.3 Å². The van der Waals surface area contributed by atoms with Gasteiger partial charge in [0.2, 0.25) is 0 Å². The summed E-state index contributed by atoms with van der Waals surface area (Å²) in [6.45, 7) is 0.789. The summed E-state index contributed by atoms with van der Waals surface area (Å²) in [6.07, 6.45) is 8.71. The van der Waals surface area contributed by atoms with Crippen molar-refractivity contribution >= 4 is 50.5 Å². The third-order valence-electron chi connectivity index (χ3n) is 6.01. The van der Waals surface area contributed by atoms with Crippen LogP contribution in [0.4, 0.5) is 9.18 Å². The minimum atomic E-state index is -0.354. The summed E-state index contributed by atoms with van der Waals surface area (Å²) < 4.78 is 14.7. The highest BCUT2D eigenvalue weighted by molar-refractivity contribution is 8.18. The zero-order chi connectivity index (χ0) is 22.9. The Kier molecular flexibility index (Phi) is 6.16. The third kappa shape index (κ3) is 4.39. The van der Waals surface area contributed by atoms with Crippen LogP contribution in [0.5, 0.6) is 0 Å². The molecule has 5 rings (SSSR count). The molecule has 2 aromatic heterocycles. The van der Waals surface area contributed by atoms with Crippen LogP contribution in [-0.2, 0) is 24.2 Å². The van der Waals surface area contributed by atoms with Gasteiger partial charge >= 0.3 is 0 Å². The van der Waals surface area contributed by atoms with Gasteiger partial charge in [-0.3, -0.25) is 23.9 Å². The van der Waals surface area contributed by atoms with E-state index in [1.807, 2.05) is 0 Å². The van der Waals surface area contributed by atoms with E-state index < -0.39 is 0 Å². The van der Waals surface area contributed by atoms with Gasteiger partial charge in [-0.1, -0.05) is 12.1 Å². The van der Waals surface area contributed by atoms with Crippen molar-refractivity contribution in [3.05, 3.63) is 67.7 Å². The van der Waals surface area contributed by atoms with E-state index in [1.54, 1.807) is 40.4 Å². The van der Waals surface area contributed by atoms with Crippen molar-refractivity contribution in [1.29, 1.82) is 0 Å². The van der Waals surface area contributed by atoms with Gasteiger partial charge in [-0.25, -0.2) is 9.37 Å². The lowest BCUT2D eigenvalue weighted by Gasteiger charge is -2.13. The minimum Gasteiger partial charge on any atom is -0.299 e. The van der Waals surface area contributed by atoms with Crippen molar-refractivity contribution in [2.75, 3.05) is 6.54 Å². The number of amides is 2. The largest absolute Gasteiger partial charge is 0.299 e. The van der Waals surface area contributed by atoms with Crippen LogP contribution < -0.4 is 5.56 Å². The Morgan fingerprint density at radius 3 is 2.61 bits per heavy atom. The van der Waals surface area contributed by atoms with Gasteiger partial charge in [-0.05, 0) is 79.6 Å². The summed E-state index contributed by atoms with van der Waals surface area (Å²) >= 11 is 2.53. The molecule has 3 heterocycles. The molecule has 0 spiro atoms. The second-order valence-corrected chi connectivity index (χ2v) is 10.3. The lowest BCUT2D eigenvalue weighted by atomic mass is 9.97. The molecule has 0 saturated carbocycles. The van der Waals surface area contributed by atoms with Gasteiger partial charge in [0.05, 0.1) is 16.6 Å². The normalized spacial score (nSPS) is 17.4. The Morgan fingerprint density at radius 2 is 1.79 bits per heavy atom. The standard InChI is InChI=1S/C24H22FN3O3S2/c25-16-9-7-15(8-10-16)13-19-22(29)28(24(31)33-19)12-4-3-11-27-14-26-21-20(23(27)30)17-5-1-2-6-18(17)32-21/h7-10,13-14H,1-6,11-12H2/b19-13+. The number of hydrogen-bond donors (Lipinski definition) is 0. The number of hydrogen-bond acceptors (Lipinski definition) is 6. The number of halogens is 1. The maximum absolute atomic E-state index is 13.1. The molecule has 1 aromatic carbocycles. The fraction of sp³-hybridized carbons (Fsp3) is 0.333. The number of benzene rings is 1. The van der Waals surface area contributed by atoms with E-state index in [2.05, 4.69) is 4.98 Å². The molecule has 1 aliphatic carbocycles. The summed E-state index contributed by atoms with van der Waals surface area (Å²) in [5.41, 5.74) is 1.85. The number of fused-ring (bicyclic) bond motifs is 3. The smallest absolute Gasteiger partial charge is 0.293 e. The van der Waals surface area contributed by atoms with E-state index in [-0.39, 0.29) is 22.5 Å². The quantitative estimate of drug-likeness (QED) is 0.365. The lowest BCUT2D eigenvalue weighted by molar-refractivity contribution is -0.122. The van der Waals surface area contributed by atoms with Crippen molar-refractivity contribution in [3.63, 3.8) is 0 Å². The summed E-state index contributed by atoms with van der Waals surface area (Å²) in [4.78, 5) is 46.2. The molecule has 1 saturated heterocycles. The van der Waals surface area contributed by atoms with Crippen molar-refractivity contribution in [2.45, 2.75) is 45.1 Å². The van der Waals surface area contributed by atoms with Crippen LogP contribution in [0.1, 0.15) is 41.7 Å². The van der Waals surface area contributed by atoms with E-state index in [4.69, 9.17) is 0 Å². The molecule has 3 aromatic rings. The molecule has 2 aliphatic rings. The molecule has 0 atom stereocenters. The number of aryl methyl sites for hydroxylation is 3. The number of imide groups is 1. The van der Waals surface area contributed by atoms with Gasteiger partial charge in [0, 0.05) is 18.0 Å². The van der Waals surface area contributed by atoms with Gasteiger partial charge in [0.1, 0.15) is 10.6 Å². The minimum absolute atomic E-state index is 0.00722. The molecule has 2 amide bonds. The molecule has 33 heavy (non-hydrogen) atoms. The van der Waals surface area contributed by atoms with E-state index >= 15 is 0 Å². The van der Waals surface area contributed by atoms with Crippen LogP contribution in [0.25, 0.3) is 16.3 Å². The maximum Gasteiger partial charge on any atom is 0.293 e. The first kappa shape index (κ1) is 22.0. The van der Waals surface area contributed by atoms with E-state index in [9.17, 15) is 18.8 Å². The number of nitrogens with zero attached hydrogens (tertiary/aromatic N) is 3. The first-order valence-corrected chi connectivity index (χ1v) is 12.6. The number of aromatic nitrogens is 2. The second kappa shape index (κ2) is 9.23. The topological polar surface area (TPSA) is 72.3 Å². The first-order chi connectivity index (χ1) is 16.0. The van der Waals surface area contributed by atoms with Crippen LogP contribution in [-0.4, -0.2) is 32.1 Å². The molecule has 1 aliphatic heterocycles. The molecule has 6 nitrogen and oxygen atoms in total. The molecular weight excluding hydrogens is 461 g/mol. The number of carbonyl (C=O) groups excluding carboxylic acids is 2. The highest BCUT2D eigenvalue weighted by Crippen LogP contribution is 2.34. The van der Waals surface area contributed by atoms with Crippen LogP contribution in [0.2, 0.25) is 0 Å². The van der Waals surface area contributed by atoms with Gasteiger partial charge in [-0.2, -0.15) is 0 Å². The molecular formula is C24H22FN3O3S2. The van der Waals surface area contributed by atoms with E-state index in [0.29, 0.717) is 36.4 Å². The molecule has 170 valence electrons. The number of thioether (sulfide) groups is 1.